The van der Waals surface area contributed by atoms with Gasteiger partial charge in [0.1, 0.15) is 11.5 Å². The van der Waals surface area contributed by atoms with Crippen LogP contribution in [0.15, 0.2) is 72.3 Å². The van der Waals surface area contributed by atoms with Crippen LogP contribution in [0.2, 0.25) is 5.02 Å². The molecule has 0 saturated carbocycles. The lowest BCUT2D eigenvalue weighted by Gasteiger charge is -2.26. The van der Waals surface area contributed by atoms with E-state index in [0.717, 1.165) is 11.1 Å². The van der Waals surface area contributed by atoms with E-state index in [4.69, 9.17) is 16.3 Å². The lowest BCUT2D eigenvalue weighted by Crippen LogP contribution is -2.29. The highest BCUT2D eigenvalue weighted by Crippen LogP contribution is 2.43. The van der Waals surface area contributed by atoms with Crippen molar-refractivity contribution < 1.29 is 19.4 Å². The van der Waals surface area contributed by atoms with E-state index in [-0.39, 0.29) is 21.9 Å². The van der Waals surface area contributed by atoms with Gasteiger partial charge in [0.2, 0.25) is 0 Å². The summed E-state index contributed by atoms with van der Waals surface area (Å²) >= 11 is 6.34. The number of anilines is 1. The number of hydrogen-bond donors (Lipinski definition) is 1. The lowest BCUT2D eigenvalue weighted by atomic mass is 9.94. The zero-order valence-electron chi connectivity index (χ0n) is 17.9. The van der Waals surface area contributed by atoms with Crippen molar-refractivity contribution in [3.63, 3.8) is 0 Å². The first-order chi connectivity index (χ1) is 15.3. The third-order valence-electron chi connectivity index (χ3n) is 5.51. The van der Waals surface area contributed by atoms with Gasteiger partial charge in [0.05, 0.1) is 23.7 Å². The highest BCUT2D eigenvalue weighted by molar-refractivity contribution is 6.52. The van der Waals surface area contributed by atoms with Crippen LogP contribution in [-0.4, -0.2) is 23.9 Å². The van der Waals surface area contributed by atoms with Gasteiger partial charge in [-0.25, -0.2) is 0 Å². The van der Waals surface area contributed by atoms with E-state index in [2.05, 4.69) is 0 Å². The van der Waals surface area contributed by atoms with Crippen LogP contribution in [0, 0.1) is 13.8 Å². The van der Waals surface area contributed by atoms with Crippen LogP contribution in [0.5, 0.6) is 5.75 Å². The molecule has 1 aliphatic heterocycles. The van der Waals surface area contributed by atoms with Crippen molar-refractivity contribution in [3.8, 4) is 5.75 Å². The molecule has 3 aromatic carbocycles. The van der Waals surface area contributed by atoms with Gasteiger partial charge in [-0.2, -0.15) is 0 Å². The number of ether oxygens (including phenoxy) is 1. The molecule has 1 unspecified atom stereocenters. The van der Waals surface area contributed by atoms with E-state index < -0.39 is 17.7 Å². The largest absolute Gasteiger partial charge is 0.507 e. The summed E-state index contributed by atoms with van der Waals surface area (Å²) in [5, 5.41) is 11.5. The smallest absolute Gasteiger partial charge is 0.300 e. The molecule has 0 aromatic heterocycles. The van der Waals surface area contributed by atoms with Crippen molar-refractivity contribution in [2.45, 2.75) is 19.9 Å². The number of aryl methyl sites for hydroxylation is 2. The zero-order valence-corrected chi connectivity index (χ0v) is 18.7. The predicted molar refractivity (Wildman–Crippen MR) is 125 cm³/mol. The third kappa shape index (κ3) is 3.76. The first-order valence-corrected chi connectivity index (χ1v) is 10.5. The second-order valence-electron chi connectivity index (χ2n) is 7.77. The topological polar surface area (TPSA) is 66.8 Å². The van der Waals surface area contributed by atoms with Gasteiger partial charge >= 0.3 is 0 Å². The summed E-state index contributed by atoms with van der Waals surface area (Å²) in [6.07, 6.45) is 0. The minimum atomic E-state index is -0.807. The molecule has 6 heteroatoms. The highest BCUT2D eigenvalue weighted by Gasteiger charge is 2.47. The monoisotopic (exact) mass is 447 g/mol. The first-order valence-electron chi connectivity index (χ1n) is 10.1. The number of hydrogen-bond acceptors (Lipinski definition) is 4. The van der Waals surface area contributed by atoms with Crippen LogP contribution >= 0.6 is 11.6 Å². The van der Waals surface area contributed by atoms with Gasteiger partial charge in [0, 0.05) is 11.3 Å². The quantitative estimate of drug-likeness (QED) is 0.321. The van der Waals surface area contributed by atoms with Gasteiger partial charge in [0.15, 0.2) is 0 Å². The second kappa shape index (κ2) is 8.52. The molecule has 1 amide bonds. The number of carbonyl (C=O) groups excluding carboxylic acids is 2. The molecule has 1 aliphatic rings. The Balaban J connectivity index is 1.99. The maximum Gasteiger partial charge on any atom is 0.300 e. The molecule has 0 aliphatic carbocycles. The first kappa shape index (κ1) is 21.7. The summed E-state index contributed by atoms with van der Waals surface area (Å²) in [6, 6.07) is 18.9. The van der Waals surface area contributed by atoms with Crippen molar-refractivity contribution in [2.75, 3.05) is 12.0 Å². The summed E-state index contributed by atoms with van der Waals surface area (Å²) < 4.78 is 5.25. The van der Waals surface area contributed by atoms with Gasteiger partial charge in [-0.3, -0.25) is 14.5 Å². The molecule has 4 rings (SSSR count). The normalized spacial score (nSPS) is 17.6. The van der Waals surface area contributed by atoms with Gasteiger partial charge in [0.25, 0.3) is 11.7 Å². The maximum atomic E-state index is 13.2. The Bertz CT molecular complexity index is 1260. The van der Waals surface area contributed by atoms with E-state index in [0.29, 0.717) is 17.0 Å². The molecule has 1 heterocycles. The minimum Gasteiger partial charge on any atom is -0.507 e. The standard InChI is InChI=1S/C26H22ClNO4/c1-15-6-4-8-17(12-15)23-22(24(29)20-14-19(32-3)10-11-21(20)27)25(30)26(31)28(23)18-9-5-7-16(2)13-18/h4-14,23,29H,1-3H3/b24-22+. The fraction of sp³-hybridized carbons (Fsp3) is 0.154. The summed E-state index contributed by atoms with van der Waals surface area (Å²) in [5.41, 5.74) is 3.42. The van der Waals surface area contributed by atoms with Gasteiger partial charge in [-0.05, 0) is 55.3 Å². The average molecular weight is 448 g/mol. The van der Waals surface area contributed by atoms with Crippen LogP contribution in [0.25, 0.3) is 5.76 Å². The molecule has 1 atom stereocenters. The number of nitrogens with zero attached hydrogens (tertiary/aromatic N) is 1. The van der Waals surface area contributed by atoms with E-state index >= 15 is 0 Å². The summed E-state index contributed by atoms with van der Waals surface area (Å²) in [6.45, 7) is 3.85. The molecular weight excluding hydrogens is 426 g/mol. The van der Waals surface area contributed by atoms with E-state index in [1.165, 1.54) is 12.0 Å². The zero-order chi connectivity index (χ0) is 23.0. The fourth-order valence-corrected chi connectivity index (χ4v) is 4.20. The van der Waals surface area contributed by atoms with Crippen molar-refractivity contribution >= 4 is 34.7 Å². The molecule has 162 valence electrons. The maximum absolute atomic E-state index is 13.2. The Labute approximate surface area is 191 Å². The number of carbonyl (C=O) groups is 2. The van der Waals surface area contributed by atoms with Crippen LogP contribution in [-0.2, 0) is 9.59 Å². The highest BCUT2D eigenvalue weighted by atomic mass is 35.5. The number of ketones is 1. The molecule has 3 aromatic rings. The van der Waals surface area contributed by atoms with Crippen molar-refractivity contribution in [1.82, 2.24) is 0 Å². The number of amides is 1. The Hall–Kier alpha value is -3.57. The number of benzene rings is 3. The summed E-state index contributed by atoms with van der Waals surface area (Å²) in [4.78, 5) is 27.9. The number of methoxy groups -OCH3 is 1. The molecule has 32 heavy (non-hydrogen) atoms. The molecule has 0 bridgehead atoms. The summed E-state index contributed by atoms with van der Waals surface area (Å²) in [7, 11) is 1.50. The van der Waals surface area contributed by atoms with Crippen molar-refractivity contribution in [2.24, 2.45) is 0 Å². The molecule has 1 N–H and O–H groups in total. The van der Waals surface area contributed by atoms with Crippen LogP contribution < -0.4 is 9.64 Å². The molecule has 1 fully saturated rings. The molecular formula is C26H22ClNO4. The van der Waals surface area contributed by atoms with E-state index in [1.807, 2.05) is 56.3 Å². The van der Waals surface area contributed by atoms with Crippen LogP contribution in [0.1, 0.15) is 28.3 Å². The van der Waals surface area contributed by atoms with E-state index in [1.54, 1.807) is 24.3 Å². The SMILES string of the molecule is COc1ccc(Cl)c(/C(O)=C2\C(=O)C(=O)N(c3cccc(C)c3)C2c2cccc(C)c2)c1. The number of rotatable bonds is 4. The Morgan fingerprint density at radius 3 is 2.31 bits per heavy atom. The number of aliphatic hydroxyl groups is 1. The lowest BCUT2D eigenvalue weighted by molar-refractivity contribution is -0.132. The third-order valence-corrected chi connectivity index (χ3v) is 5.84. The van der Waals surface area contributed by atoms with Gasteiger partial charge in [-0.1, -0.05) is 53.6 Å². The predicted octanol–water partition coefficient (Wildman–Crippen LogP) is 5.59. The minimum absolute atomic E-state index is 0.0164. The second-order valence-corrected chi connectivity index (χ2v) is 8.18. The Morgan fingerprint density at radius 1 is 0.969 bits per heavy atom. The van der Waals surface area contributed by atoms with E-state index in [9.17, 15) is 14.7 Å². The molecule has 0 spiro atoms. The number of Topliss-reactive ketones (excluding diaryl/α,β-unsaturated/α-hetero) is 1. The number of aliphatic hydroxyl groups excluding tert-OH is 1. The number of halogens is 1. The van der Waals surface area contributed by atoms with Crippen molar-refractivity contribution in [1.29, 1.82) is 0 Å². The Kier molecular flexibility index (Phi) is 5.76. The summed E-state index contributed by atoms with van der Waals surface area (Å²) in [5.74, 6) is -1.35. The average Bonchev–Trinajstić information content (AvgIpc) is 3.04. The van der Waals surface area contributed by atoms with Crippen molar-refractivity contribution in [3.05, 3.63) is 99.6 Å². The molecule has 1 saturated heterocycles. The van der Waals surface area contributed by atoms with Gasteiger partial charge in [-0.15, -0.1) is 0 Å². The van der Waals surface area contributed by atoms with Gasteiger partial charge < -0.3 is 9.84 Å². The molecule has 0 radical (unpaired) electrons. The van der Waals surface area contributed by atoms with Crippen LogP contribution in [0.4, 0.5) is 5.69 Å². The fourth-order valence-electron chi connectivity index (χ4n) is 3.99. The van der Waals surface area contributed by atoms with Crippen LogP contribution in [0.3, 0.4) is 0 Å². The molecule has 5 nitrogen and oxygen atoms in total. The Morgan fingerprint density at radius 2 is 1.66 bits per heavy atom.